The Balaban J connectivity index is 1.61. The van der Waals surface area contributed by atoms with E-state index in [1.165, 1.54) is 22.7 Å². The number of thiophene rings is 1. The number of halogens is 1. The number of nitrogens with zero attached hydrogens (tertiary/aromatic N) is 1. The Morgan fingerprint density at radius 2 is 2.24 bits per heavy atom. The molecular formula is C12H13BrN2S2. The molecule has 90 valence electrons. The minimum atomic E-state index is 0.794. The van der Waals surface area contributed by atoms with Gasteiger partial charge >= 0.3 is 0 Å². The molecule has 17 heavy (non-hydrogen) atoms. The second-order valence-corrected chi connectivity index (χ2v) is 7.00. The SMILES string of the molecule is Brc1csc(-c2csc(CCNC3CC3)n2)c1. The van der Waals surface area contributed by atoms with Crippen molar-refractivity contribution in [1.82, 2.24) is 10.3 Å². The van der Waals surface area contributed by atoms with Crippen LogP contribution in [0.4, 0.5) is 0 Å². The topological polar surface area (TPSA) is 24.9 Å². The molecule has 2 aromatic rings. The minimum Gasteiger partial charge on any atom is -0.314 e. The molecule has 0 aliphatic heterocycles. The Morgan fingerprint density at radius 3 is 2.94 bits per heavy atom. The van der Waals surface area contributed by atoms with E-state index in [9.17, 15) is 0 Å². The molecule has 0 amide bonds. The summed E-state index contributed by atoms with van der Waals surface area (Å²) in [5, 5.41) is 9.01. The molecule has 0 atom stereocenters. The van der Waals surface area contributed by atoms with Gasteiger partial charge in [-0.05, 0) is 34.8 Å². The third-order valence-electron chi connectivity index (χ3n) is 2.72. The maximum atomic E-state index is 4.68. The van der Waals surface area contributed by atoms with Crippen LogP contribution in [-0.2, 0) is 6.42 Å². The van der Waals surface area contributed by atoms with Gasteiger partial charge in [0.2, 0.25) is 0 Å². The Bertz CT molecular complexity index is 502. The van der Waals surface area contributed by atoms with Gasteiger partial charge in [0.15, 0.2) is 0 Å². The fourth-order valence-corrected chi connectivity index (χ4v) is 3.92. The van der Waals surface area contributed by atoms with E-state index < -0.39 is 0 Å². The van der Waals surface area contributed by atoms with Crippen LogP contribution in [0, 0.1) is 0 Å². The zero-order valence-electron chi connectivity index (χ0n) is 9.28. The first kappa shape index (κ1) is 11.8. The first-order chi connectivity index (χ1) is 8.31. The zero-order valence-corrected chi connectivity index (χ0v) is 12.5. The number of aromatic nitrogens is 1. The average Bonchev–Trinajstić information content (AvgIpc) is 2.85. The zero-order chi connectivity index (χ0) is 11.7. The molecule has 0 unspecified atom stereocenters. The van der Waals surface area contributed by atoms with Crippen LogP contribution in [0.25, 0.3) is 10.6 Å². The Kier molecular flexibility index (Phi) is 3.61. The lowest BCUT2D eigenvalue weighted by atomic mass is 10.4. The highest BCUT2D eigenvalue weighted by Gasteiger charge is 2.19. The molecule has 0 spiro atoms. The highest BCUT2D eigenvalue weighted by molar-refractivity contribution is 9.10. The van der Waals surface area contributed by atoms with Gasteiger partial charge in [-0.15, -0.1) is 22.7 Å². The molecule has 2 aromatic heterocycles. The van der Waals surface area contributed by atoms with Crippen molar-refractivity contribution >= 4 is 38.6 Å². The molecular weight excluding hydrogens is 316 g/mol. The average molecular weight is 329 g/mol. The van der Waals surface area contributed by atoms with Crippen molar-refractivity contribution in [3.63, 3.8) is 0 Å². The van der Waals surface area contributed by atoms with E-state index in [-0.39, 0.29) is 0 Å². The lowest BCUT2D eigenvalue weighted by Gasteiger charge is -1.98. The Hall–Kier alpha value is -0.230. The van der Waals surface area contributed by atoms with Crippen molar-refractivity contribution in [2.24, 2.45) is 0 Å². The summed E-state index contributed by atoms with van der Waals surface area (Å²) in [6.07, 6.45) is 3.76. The second kappa shape index (κ2) is 5.18. The molecule has 5 heteroatoms. The minimum absolute atomic E-state index is 0.794. The number of thiazole rings is 1. The maximum Gasteiger partial charge on any atom is 0.0945 e. The summed E-state index contributed by atoms with van der Waals surface area (Å²) in [6.45, 7) is 1.06. The van der Waals surface area contributed by atoms with Gasteiger partial charge in [0.25, 0.3) is 0 Å². The summed E-state index contributed by atoms with van der Waals surface area (Å²) in [6, 6.07) is 2.93. The highest BCUT2D eigenvalue weighted by Crippen LogP contribution is 2.30. The van der Waals surface area contributed by atoms with E-state index in [1.54, 1.807) is 22.7 Å². The van der Waals surface area contributed by atoms with Crippen molar-refractivity contribution in [3.05, 3.63) is 26.3 Å². The van der Waals surface area contributed by atoms with Crippen molar-refractivity contribution in [2.45, 2.75) is 25.3 Å². The van der Waals surface area contributed by atoms with E-state index in [4.69, 9.17) is 0 Å². The van der Waals surface area contributed by atoms with Crippen molar-refractivity contribution in [1.29, 1.82) is 0 Å². The van der Waals surface area contributed by atoms with Crippen molar-refractivity contribution in [3.8, 4) is 10.6 Å². The normalized spacial score (nSPS) is 15.4. The molecule has 1 fully saturated rings. The van der Waals surface area contributed by atoms with Crippen LogP contribution >= 0.6 is 38.6 Å². The predicted molar refractivity (Wildman–Crippen MR) is 77.9 cm³/mol. The van der Waals surface area contributed by atoms with E-state index in [1.807, 2.05) is 0 Å². The number of hydrogen-bond acceptors (Lipinski definition) is 4. The van der Waals surface area contributed by atoms with Crippen LogP contribution in [0.3, 0.4) is 0 Å². The largest absolute Gasteiger partial charge is 0.314 e. The molecule has 0 radical (unpaired) electrons. The molecule has 1 aliphatic rings. The third kappa shape index (κ3) is 3.16. The van der Waals surface area contributed by atoms with E-state index >= 15 is 0 Å². The summed E-state index contributed by atoms with van der Waals surface area (Å²) in [5.41, 5.74) is 1.12. The summed E-state index contributed by atoms with van der Waals surface area (Å²) in [5.74, 6) is 0. The number of nitrogens with one attached hydrogen (secondary N) is 1. The van der Waals surface area contributed by atoms with Gasteiger partial charge in [0.1, 0.15) is 0 Å². The fraction of sp³-hybridized carbons (Fsp3) is 0.417. The molecule has 1 N–H and O–H groups in total. The maximum absolute atomic E-state index is 4.68. The van der Waals surface area contributed by atoms with Crippen LogP contribution in [0.5, 0.6) is 0 Å². The lowest BCUT2D eigenvalue weighted by molar-refractivity contribution is 0.680. The predicted octanol–water partition coefficient (Wildman–Crippen LogP) is 3.93. The van der Waals surface area contributed by atoms with E-state index in [2.05, 4.69) is 43.1 Å². The number of rotatable bonds is 5. The van der Waals surface area contributed by atoms with Gasteiger partial charge in [-0.2, -0.15) is 0 Å². The van der Waals surface area contributed by atoms with E-state index in [0.29, 0.717) is 0 Å². The van der Waals surface area contributed by atoms with Gasteiger partial charge in [0.05, 0.1) is 15.6 Å². The molecule has 0 aromatic carbocycles. The molecule has 0 bridgehead atoms. The van der Waals surface area contributed by atoms with Crippen LogP contribution in [0.1, 0.15) is 17.8 Å². The standard InChI is InChI=1S/C12H13BrN2S2/c13-8-5-11(16-6-8)10-7-17-12(15-10)3-4-14-9-1-2-9/h5-7,9,14H,1-4H2. The summed E-state index contributed by atoms with van der Waals surface area (Å²) in [7, 11) is 0. The van der Waals surface area contributed by atoms with Gasteiger partial charge < -0.3 is 5.32 Å². The van der Waals surface area contributed by atoms with Crippen LogP contribution in [-0.4, -0.2) is 17.6 Å². The molecule has 2 heterocycles. The van der Waals surface area contributed by atoms with Gasteiger partial charge in [-0.25, -0.2) is 4.98 Å². The number of hydrogen-bond donors (Lipinski definition) is 1. The molecule has 2 nitrogen and oxygen atoms in total. The first-order valence-corrected chi connectivity index (χ1v) is 8.29. The fourth-order valence-electron chi connectivity index (χ4n) is 1.66. The smallest absolute Gasteiger partial charge is 0.0945 e. The van der Waals surface area contributed by atoms with Crippen LogP contribution in [0.15, 0.2) is 21.3 Å². The molecule has 1 saturated carbocycles. The van der Waals surface area contributed by atoms with E-state index in [0.717, 1.165) is 29.2 Å². The molecule has 1 aliphatic carbocycles. The summed E-state index contributed by atoms with van der Waals surface area (Å²) < 4.78 is 1.14. The molecule has 0 saturated heterocycles. The molecule has 3 rings (SSSR count). The third-order valence-corrected chi connectivity index (χ3v) is 5.34. The summed E-state index contributed by atoms with van der Waals surface area (Å²) in [4.78, 5) is 5.92. The summed E-state index contributed by atoms with van der Waals surface area (Å²) >= 11 is 6.98. The quantitative estimate of drug-likeness (QED) is 0.899. The Labute approximate surface area is 117 Å². The second-order valence-electron chi connectivity index (χ2n) is 4.23. The van der Waals surface area contributed by atoms with Crippen molar-refractivity contribution < 1.29 is 0 Å². The van der Waals surface area contributed by atoms with Crippen molar-refractivity contribution in [2.75, 3.05) is 6.54 Å². The monoisotopic (exact) mass is 328 g/mol. The van der Waals surface area contributed by atoms with Crippen LogP contribution in [0.2, 0.25) is 0 Å². The highest BCUT2D eigenvalue weighted by atomic mass is 79.9. The Morgan fingerprint density at radius 1 is 1.35 bits per heavy atom. The van der Waals surface area contributed by atoms with Crippen LogP contribution < -0.4 is 5.32 Å². The lowest BCUT2D eigenvalue weighted by Crippen LogP contribution is -2.19. The van der Waals surface area contributed by atoms with Gasteiger partial charge in [-0.1, -0.05) is 0 Å². The van der Waals surface area contributed by atoms with Gasteiger partial charge in [0, 0.05) is 34.2 Å². The first-order valence-electron chi connectivity index (χ1n) is 5.73. The van der Waals surface area contributed by atoms with Gasteiger partial charge in [-0.3, -0.25) is 0 Å².